The molecular formula is C31H40N6O4S. The van der Waals surface area contributed by atoms with Gasteiger partial charge in [-0.1, -0.05) is 18.7 Å². The van der Waals surface area contributed by atoms with Gasteiger partial charge in [0, 0.05) is 17.4 Å². The van der Waals surface area contributed by atoms with E-state index in [1.54, 1.807) is 44.3 Å². The number of para-hydroxylation sites is 1. The van der Waals surface area contributed by atoms with Crippen molar-refractivity contribution in [2.75, 3.05) is 29.0 Å². The Kier molecular flexibility index (Phi) is 9.85. The average molecular weight is 593 g/mol. The standard InChI is InChI=1S/C31H40N6O4S/c1-7-29(38)34-25-17-26(27(41-19(2)3)16-23(25)22-12-14-32-15-13-22)36-31-33-18-21(6)30(37-31)35-24-10-8-9-11-28(24)42(39,40)20(4)5/h7-11,16-20,22,32H,1,12-15H2,2-6H3,(H,34,38)(H2,33,35,36,37). The summed E-state index contributed by atoms with van der Waals surface area (Å²) in [6.45, 7) is 14.5. The van der Waals surface area contributed by atoms with Crippen LogP contribution in [0.15, 0.2) is 60.1 Å². The number of rotatable bonds is 11. The van der Waals surface area contributed by atoms with Gasteiger partial charge in [0.1, 0.15) is 11.6 Å². The summed E-state index contributed by atoms with van der Waals surface area (Å²) in [7, 11) is -3.53. The van der Waals surface area contributed by atoms with Crippen molar-refractivity contribution in [1.82, 2.24) is 15.3 Å². The van der Waals surface area contributed by atoms with Crippen molar-refractivity contribution in [2.24, 2.45) is 0 Å². The molecule has 4 N–H and O–H groups in total. The maximum atomic E-state index is 13.0. The molecule has 2 aromatic carbocycles. The zero-order valence-corrected chi connectivity index (χ0v) is 25.6. The van der Waals surface area contributed by atoms with E-state index in [-0.39, 0.29) is 28.8 Å². The van der Waals surface area contributed by atoms with E-state index in [1.165, 1.54) is 6.08 Å². The Morgan fingerprint density at radius 3 is 2.45 bits per heavy atom. The summed E-state index contributed by atoms with van der Waals surface area (Å²) in [6, 6.07) is 10.6. The van der Waals surface area contributed by atoms with E-state index in [2.05, 4.69) is 37.8 Å². The highest BCUT2D eigenvalue weighted by molar-refractivity contribution is 7.92. The lowest BCUT2D eigenvalue weighted by atomic mass is 9.88. The fourth-order valence-electron chi connectivity index (χ4n) is 4.76. The molecule has 42 heavy (non-hydrogen) atoms. The molecule has 1 amide bonds. The molecule has 10 nitrogen and oxygen atoms in total. The molecule has 0 saturated carbocycles. The summed E-state index contributed by atoms with van der Waals surface area (Å²) < 4.78 is 32.2. The number of aromatic nitrogens is 2. The first kappa shape index (κ1) is 31.0. The van der Waals surface area contributed by atoms with Crippen LogP contribution in [0.5, 0.6) is 5.75 Å². The minimum atomic E-state index is -3.53. The van der Waals surface area contributed by atoms with Crippen molar-refractivity contribution < 1.29 is 17.9 Å². The fourth-order valence-corrected chi connectivity index (χ4v) is 5.96. The predicted octanol–water partition coefficient (Wildman–Crippen LogP) is 5.83. The SMILES string of the molecule is C=CC(=O)Nc1cc(Nc2ncc(C)c(Nc3ccccc3S(=O)(=O)C(C)C)n2)c(OC(C)C)cc1C1CCNCC1. The van der Waals surface area contributed by atoms with E-state index in [0.29, 0.717) is 28.6 Å². The Bertz CT molecular complexity index is 1550. The molecule has 1 fully saturated rings. The molecule has 224 valence electrons. The molecule has 1 saturated heterocycles. The lowest BCUT2D eigenvalue weighted by Crippen LogP contribution is -2.27. The number of anilines is 5. The number of carbonyl (C=O) groups is 1. The minimum absolute atomic E-state index is 0.101. The van der Waals surface area contributed by atoms with Gasteiger partial charge in [-0.05, 0) is 102 Å². The van der Waals surface area contributed by atoms with E-state index in [1.807, 2.05) is 32.9 Å². The quantitative estimate of drug-likeness (QED) is 0.203. The zero-order chi connectivity index (χ0) is 30.4. The first-order valence-corrected chi connectivity index (χ1v) is 15.7. The highest BCUT2D eigenvalue weighted by Crippen LogP contribution is 2.40. The molecule has 0 spiro atoms. The van der Waals surface area contributed by atoms with Crippen molar-refractivity contribution >= 4 is 44.6 Å². The van der Waals surface area contributed by atoms with Gasteiger partial charge in [0.15, 0.2) is 9.84 Å². The Balaban J connectivity index is 1.73. The molecule has 1 aliphatic heterocycles. The summed E-state index contributed by atoms with van der Waals surface area (Å²) in [4.78, 5) is 21.7. The molecule has 0 atom stereocenters. The van der Waals surface area contributed by atoms with E-state index in [9.17, 15) is 13.2 Å². The molecular weight excluding hydrogens is 552 g/mol. The van der Waals surface area contributed by atoms with Crippen LogP contribution < -0.4 is 26.0 Å². The number of ether oxygens (including phenoxy) is 1. The Hall–Kier alpha value is -3.96. The van der Waals surface area contributed by atoms with Gasteiger partial charge in [-0.25, -0.2) is 13.4 Å². The molecule has 4 rings (SSSR count). The van der Waals surface area contributed by atoms with Gasteiger partial charge in [0.05, 0.1) is 27.6 Å². The maximum absolute atomic E-state index is 13.0. The van der Waals surface area contributed by atoms with Crippen LogP contribution in [-0.4, -0.2) is 48.7 Å². The number of piperidine rings is 1. The first-order valence-electron chi connectivity index (χ1n) is 14.2. The van der Waals surface area contributed by atoms with Crippen LogP contribution >= 0.6 is 0 Å². The number of amides is 1. The van der Waals surface area contributed by atoms with E-state index >= 15 is 0 Å². The highest BCUT2D eigenvalue weighted by atomic mass is 32.2. The van der Waals surface area contributed by atoms with Crippen molar-refractivity contribution in [1.29, 1.82) is 0 Å². The van der Waals surface area contributed by atoms with Crippen molar-refractivity contribution in [3.63, 3.8) is 0 Å². The normalized spacial score (nSPS) is 14.1. The van der Waals surface area contributed by atoms with Crippen LogP contribution in [0.4, 0.5) is 28.8 Å². The maximum Gasteiger partial charge on any atom is 0.247 e. The van der Waals surface area contributed by atoms with Crippen LogP contribution in [-0.2, 0) is 14.6 Å². The minimum Gasteiger partial charge on any atom is -0.489 e. The van der Waals surface area contributed by atoms with Crippen molar-refractivity contribution in [3.05, 3.63) is 66.4 Å². The smallest absolute Gasteiger partial charge is 0.247 e. The van der Waals surface area contributed by atoms with Crippen LogP contribution in [0.1, 0.15) is 57.6 Å². The second-order valence-corrected chi connectivity index (χ2v) is 13.4. The Labute approximate surface area is 248 Å². The predicted molar refractivity (Wildman–Crippen MR) is 168 cm³/mol. The molecule has 0 aliphatic carbocycles. The number of hydrogen-bond donors (Lipinski definition) is 4. The van der Waals surface area contributed by atoms with Gasteiger partial charge in [-0.2, -0.15) is 4.98 Å². The van der Waals surface area contributed by atoms with E-state index in [4.69, 9.17) is 4.74 Å². The van der Waals surface area contributed by atoms with E-state index < -0.39 is 15.1 Å². The molecule has 2 heterocycles. The highest BCUT2D eigenvalue weighted by Gasteiger charge is 2.24. The third-order valence-electron chi connectivity index (χ3n) is 7.02. The van der Waals surface area contributed by atoms with Gasteiger partial charge in [0.2, 0.25) is 11.9 Å². The number of sulfone groups is 1. The third-order valence-corrected chi connectivity index (χ3v) is 9.23. The molecule has 1 aromatic heterocycles. The number of nitrogens with zero attached hydrogens (tertiary/aromatic N) is 2. The summed E-state index contributed by atoms with van der Waals surface area (Å²) in [5.41, 5.74) is 3.42. The molecule has 0 unspecified atom stereocenters. The van der Waals surface area contributed by atoms with Gasteiger partial charge in [-0.15, -0.1) is 0 Å². The lowest BCUT2D eigenvalue weighted by Gasteiger charge is -2.27. The number of hydrogen-bond acceptors (Lipinski definition) is 9. The lowest BCUT2D eigenvalue weighted by molar-refractivity contribution is -0.111. The summed E-state index contributed by atoms with van der Waals surface area (Å²) >= 11 is 0. The van der Waals surface area contributed by atoms with Gasteiger partial charge in [0.25, 0.3) is 0 Å². The number of aryl methyl sites for hydroxylation is 1. The van der Waals surface area contributed by atoms with Crippen LogP contribution in [0.25, 0.3) is 0 Å². The van der Waals surface area contributed by atoms with Gasteiger partial charge < -0.3 is 26.0 Å². The number of benzene rings is 2. The number of nitrogens with one attached hydrogen (secondary N) is 4. The van der Waals surface area contributed by atoms with Crippen LogP contribution in [0.3, 0.4) is 0 Å². The molecule has 11 heteroatoms. The Morgan fingerprint density at radius 2 is 1.79 bits per heavy atom. The zero-order valence-electron chi connectivity index (χ0n) is 24.8. The fraction of sp³-hybridized carbons (Fsp3) is 0.387. The second-order valence-electron chi connectivity index (χ2n) is 10.9. The van der Waals surface area contributed by atoms with Crippen molar-refractivity contribution in [2.45, 2.75) is 69.6 Å². The van der Waals surface area contributed by atoms with E-state index in [0.717, 1.165) is 37.1 Å². The molecule has 0 bridgehead atoms. The molecule has 0 radical (unpaired) electrons. The Morgan fingerprint density at radius 1 is 1.07 bits per heavy atom. The second kappa shape index (κ2) is 13.3. The third kappa shape index (κ3) is 7.27. The first-order chi connectivity index (χ1) is 20.0. The summed E-state index contributed by atoms with van der Waals surface area (Å²) in [5, 5.41) is 12.2. The monoisotopic (exact) mass is 592 g/mol. The largest absolute Gasteiger partial charge is 0.489 e. The van der Waals surface area contributed by atoms with Crippen LogP contribution in [0, 0.1) is 6.92 Å². The van der Waals surface area contributed by atoms with Gasteiger partial charge >= 0.3 is 0 Å². The average Bonchev–Trinajstić information content (AvgIpc) is 2.96. The summed E-state index contributed by atoms with van der Waals surface area (Å²) in [5.74, 6) is 1.29. The van der Waals surface area contributed by atoms with Crippen molar-refractivity contribution in [3.8, 4) is 5.75 Å². The molecule has 1 aliphatic rings. The molecule has 3 aromatic rings. The van der Waals surface area contributed by atoms with Gasteiger partial charge in [-0.3, -0.25) is 4.79 Å². The topological polar surface area (TPSA) is 134 Å². The summed E-state index contributed by atoms with van der Waals surface area (Å²) in [6.07, 6.45) is 4.68. The number of carbonyl (C=O) groups excluding carboxylic acids is 1. The van der Waals surface area contributed by atoms with Crippen LogP contribution in [0.2, 0.25) is 0 Å².